The molecule has 0 unspecified atom stereocenters. The van der Waals surface area contributed by atoms with Crippen LogP contribution in [0, 0.1) is 20.2 Å². The number of Topliss-reactive ketones (excluding diaryl/α,β-unsaturated/α-hetero) is 1. The van der Waals surface area contributed by atoms with Crippen molar-refractivity contribution in [1.29, 1.82) is 0 Å². The van der Waals surface area contributed by atoms with Crippen molar-refractivity contribution in [2.24, 2.45) is 7.05 Å². The summed E-state index contributed by atoms with van der Waals surface area (Å²) in [5.74, 6) is -0.539. The van der Waals surface area contributed by atoms with E-state index in [9.17, 15) is 29.8 Å². The standard InChI is InChI=1S/C6H5ClN2O3.C6H4ClNO3/c1-8-3-2-4(7)5(6(8)10)9(11)12;7-4-2-1-3-5(9)6(4)8(10)11/h2-3H,1H3;1-2H,3H2. The van der Waals surface area contributed by atoms with E-state index in [-0.39, 0.29) is 16.5 Å². The molecule has 2 rings (SSSR count). The van der Waals surface area contributed by atoms with Gasteiger partial charge < -0.3 is 4.57 Å². The van der Waals surface area contributed by atoms with Crippen molar-refractivity contribution in [1.82, 2.24) is 4.57 Å². The summed E-state index contributed by atoms with van der Waals surface area (Å²) in [5.41, 5.74) is -1.79. The molecule has 0 saturated heterocycles. The van der Waals surface area contributed by atoms with Crippen molar-refractivity contribution in [3.63, 3.8) is 0 Å². The molecule has 0 radical (unpaired) electrons. The van der Waals surface area contributed by atoms with E-state index < -0.39 is 32.6 Å². The average Bonchev–Trinajstić information content (AvgIpc) is 2.43. The van der Waals surface area contributed by atoms with Crippen LogP contribution in [-0.2, 0) is 11.8 Å². The molecule has 0 bridgehead atoms. The van der Waals surface area contributed by atoms with Crippen LogP contribution < -0.4 is 5.56 Å². The highest BCUT2D eigenvalue weighted by Crippen LogP contribution is 2.19. The SMILES string of the molecule is Cn1ccc(Cl)c([N+](=O)[O-])c1=O.O=C1CC=CC(Cl)=C1[N+](=O)[O-]. The Bertz CT molecular complexity index is 796. The van der Waals surface area contributed by atoms with E-state index in [1.807, 2.05) is 0 Å². The first-order chi connectivity index (χ1) is 10.7. The zero-order valence-corrected chi connectivity index (χ0v) is 13.1. The molecule has 0 spiro atoms. The Hall–Kier alpha value is -2.52. The summed E-state index contributed by atoms with van der Waals surface area (Å²) >= 11 is 10.8. The summed E-state index contributed by atoms with van der Waals surface area (Å²) in [5, 5.41) is 20.3. The maximum Gasteiger partial charge on any atom is 0.352 e. The molecule has 122 valence electrons. The van der Waals surface area contributed by atoms with Gasteiger partial charge in [-0.05, 0) is 12.1 Å². The predicted molar refractivity (Wildman–Crippen MR) is 82.0 cm³/mol. The van der Waals surface area contributed by atoms with Gasteiger partial charge in [0.1, 0.15) is 10.1 Å². The molecule has 23 heavy (non-hydrogen) atoms. The van der Waals surface area contributed by atoms with E-state index in [1.165, 1.54) is 31.5 Å². The second kappa shape index (κ2) is 7.65. The molecular weight excluding hydrogens is 353 g/mol. The van der Waals surface area contributed by atoms with Crippen LogP contribution in [0.4, 0.5) is 5.69 Å². The Morgan fingerprint density at radius 1 is 1.17 bits per heavy atom. The molecule has 0 atom stereocenters. The quantitative estimate of drug-likeness (QED) is 0.586. The van der Waals surface area contributed by atoms with Crippen molar-refractivity contribution in [2.45, 2.75) is 6.42 Å². The number of aryl methyl sites for hydroxylation is 1. The fourth-order valence-corrected chi connectivity index (χ4v) is 2.00. The summed E-state index contributed by atoms with van der Waals surface area (Å²) in [6, 6.07) is 1.31. The van der Waals surface area contributed by atoms with Crippen molar-refractivity contribution >= 4 is 34.7 Å². The Morgan fingerprint density at radius 2 is 1.78 bits per heavy atom. The third kappa shape index (κ3) is 4.47. The van der Waals surface area contributed by atoms with Crippen LogP contribution in [-0.4, -0.2) is 20.2 Å². The molecule has 0 aromatic carbocycles. The zero-order chi connectivity index (χ0) is 17.7. The molecule has 9 nitrogen and oxygen atoms in total. The fourth-order valence-electron chi connectivity index (χ4n) is 1.53. The fraction of sp³-hybridized carbons (Fsp3) is 0.167. The molecule has 1 aliphatic rings. The van der Waals surface area contributed by atoms with Crippen LogP contribution >= 0.6 is 23.2 Å². The summed E-state index contributed by atoms with van der Waals surface area (Å²) in [7, 11) is 1.42. The minimum absolute atomic E-state index is 0.0620. The number of ketones is 1. The first-order valence-corrected chi connectivity index (χ1v) is 6.65. The van der Waals surface area contributed by atoms with E-state index >= 15 is 0 Å². The van der Waals surface area contributed by atoms with Crippen LogP contribution in [0.15, 0.2) is 39.9 Å². The molecule has 11 heteroatoms. The van der Waals surface area contributed by atoms with E-state index in [1.54, 1.807) is 0 Å². The Labute approximate surface area is 138 Å². The Kier molecular flexibility index (Phi) is 6.17. The Morgan fingerprint density at radius 3 is 2.17 bits per heavy atom. The number of halogens is 2. The summed E-state index contributed by atoms with van der Waals surface area (Å²) in [4.78, 5) is 40.8. The topological polar surface area (TPSA) is 125 Å². The highest BCUT2D eigenvalue weighted by atomic mass is 35.5. The van der Waals surface area contributed by atoms with Gasteiger partial charge in [0.05, 0.1) is 9.85 Å². The van der Waals surface area contributed by atoms with Crippen molar-refractivity contribution in [3.05, 3.63) is 70.7 Å². The molecule has 1 aromatic heterocycles. The van der Waals surface area contributed by atoms with Gasteiger partial charge >= 0.3 is 16.9 Å². The van der Waals surface area contributed by atoms with E-state index in [0.29, 0.717) is 0 Å². The first kappa shape index (κ1) is 18.5. The molecular formula is C12H9Cl2N3O6. The monoisotopic (exact) mass is 361 g/mol. The largest absolute Gasteiger partial charge is 0.352 e. The smallest absolute Gasteiger partial charge is 0.313 e. The minimum Gasteiger partial charge on any atom is -0.313 e. The highest BCUT2D eigenvalue weighted by molar-refractivity contribution is 6.33. The number of carbonyl (C=O) groups excluding carboxylic acids is 1. The van der Waals surface area contributed by atoms with Gasteiger partial charge in [-0.2, -0.15) is 0 Å². The van der Waals surface area contributed by atoms with Gasteiger partial charge in [-0.3, -0.25) is 29.8 Å². The molecule has 0 amide bonds. The van der Waals surface area contributed by atoms with Crippen LogP contribution in [0.5, 0.6) is 0 Å². The first-order valence-electron chi connectivity index (χ1n) is 5.90. The van der Waals surface area contributed by atoms with E-state index in [2.05, 4.69) is 0 Å². The number of hydrogen-bond acceptors (Lipinski definition) is 6. The van der Waals surface area contributed by atoms with Crippen molar-refractivity contribution < 1.29 is 14.6 Å². The third-order valence-corrected chi connectivity index (χ3v) is 3.23. The van der Waals surface area contributed by atoms with Crippen LogP contribution in [0.3, 0.4) is 0 Å². The number of nitro groups is 2. The number of pyridine rings is 1. The van der Waals surface area contributed by atoms with Gasteiger partial charge in [0.2, 0.25) is 5.78 Å². The maximum atomic E-state index is 11.1. The summed E-state index contributed by atoms with van der Waals surface area (Å²) in [6.45, 7) is 0. The molecule has 0 fully saturated rings. The van der Waals surface area contributed by atoms with Gasteiger partial charge in [-0.25, -0.2) is 0 Å². The van der Waals surface area contributed by atoms with Crippen LogP contribution in [0.1, 0.15) is 6.42 Å². The van der Waals surface area contributed by atoms with Gasteiger partial charge in [-0.1, -0.05) is 29.3 Å². The molecule has 1 heterocycles. The van der Waals surface area contributed by atoms with Gasteiger partial charge in [0.15, 0.2) is 0 Å². The number of carbonyl (C=O) groups is 1. The molecule has 0 aliphatic heterocycles. The summed E-state index contributed by atoms with van der Waals surface area (Å²) in [6.07, 6.45) is 4.29. The average molecular weight is 362 g/mol. The predicted octanol–water partition coefficient (Wildman–Crippen LogP) is 2.19. The normalized spacial score (nSPS) is 13.4. The third-order valence-electron chi connectivity index (χ3n) is 2.62. The molecule has 0 N–H and O–H groups in total. The molecule has 1 aliphatic carbocycles. The van der Waals surface area contributed by atoms with Gasteiger partial charge in [0, 0.05) is 19.7 Å². The lowest BCUT2D eigenvalue weighted by Crippen LogP contribution is -2.19. The Balaban J connectivity index is 0.000000231. The van der Waals surface area contributed by atoms with Crippen molar-refractivity contribution in [3.8, 4) is 0 Å². The number of allylic oxidation sites excluding steroid dienone is 4. The molecule has 1 aromatic rings. The second-order valence-corrected chi connectivity index (χ2v) is 4.98. The zero-order valence-electron chi connectivity index (χ0n) is 11.6. The lowest BCUT2D eigenvalue weighted by Gasteiger charge is -2.00. The van der Waals surface area contributed by atoms with Gasteiger partial charge in [0.25, 0.3) is 0 Å². The van der Waals surface area contributed by atoms with Gasteiger partial charge in [-0.15, -0.1) is 0 Å². The lowest BCUT2D eigenvalue weighted by atomic mass is 10.1. The van der Waals surface area contributed by atoms with Crippen LogP contribution in [0.2, 0.25) is 5.02 Å². The number of rotatable bonds is 2. The lowest BCUT2D eigenvalue weighted by molar-refractivity contribution is -0.419. The van der Waals surface area contributed by atoms with E-state index in [4.69, 9.17) is 23.2 Å². The van der Waals surface area contributed by atoms with Crippen LogP contribution in [0.25, 0.3) is 0 Å². The van der Waals surface area contributed by atoms with Crippen molar-refractivity contribution in [2.75, 3.05) is 0 Å². The number of hydrogen-bond donors (Lipinski definition) is 0. The maximum absolute atomic E-state index is 11.1. The number of aromatic nitrogens is 1. The van der Waals surface area contributed by atoms with E-state index in [0.717, 1.165) is 4.57 Å². The second-order valence-electron chi connectivity index (χ2n) is 4.17. The minimum atomic E-state index is -0.787. The molecule has 0 saturated carbocycles. The number of nitrogens with zero attached hydrogens (tertiary/aromatic N) is 3. The highest BCUT2D eigenvalue weighted by Gasteiger charge is 2.26. The summed E-state index contributed by atoms with van der Waals surface area (Å²) < 4.78 is 1.10.